The van der Waals surface area contributed by atoms with Gasteiger partial charge < -0.3 is 0 Å². The van der Waals surface area contributed by atoms with Crippen molar-refractivity contribution >= 4 is 12.6 Å². The molecule has 0 radical (unpaired) electrons. The summed E-state index contributed by atoms with van der Waals surface area (Å²) in [6.45, 7) is 4.12. The lowest BCUT2D eigenvalue weighted by atomic mass is 10.1. The molecule has 0 spiro atoms. The number of hydrogen-bond donors (Lipinski definition) is 0. The van der Waals surface area contributed by atoms with Gasteiger partial charge in [-0.25, -0.2) is 4.99 Å². The van der Waals surface area contributed by atoms with Gasteiger partial charge in [0.1, 0.15) is 6.34 Å². The van der Waals surface area contributed by atoms with Crippen molar-refractivity contribution in [2.24, 2.45) is 10.1 Å². The third kappa shape index (κ3) is 1.09. The number of hydrazone groups is 1. The Kier molecular flexibility index (Phi) is 1.27. The normalized spacial score (nSPS) is 22.8. The predicted octanol–water partition coefficient (Wildman–Crippen LogP) is 0.724. The van der Waals surface area contributed by atoms with Crippen molar-refractivity contribution < 1.29 is 0 Å². The zero-order valence-electron chi connectivity index (χ0n) is 6.00. The van der Waals surface area contributed by atoms with Gasteiger partial charge in [0, 0.05) is 13.3 Å². The van der Waals surface area contributed by atoms with Crippen molar-refractivity contribution in [3.05, 3.63) is 0 Å². The average Bonchev–Trinajstić information content (AvgIpc) is 1.77. The maximum atomic E-state index is 3.99. The lowest BCUT2D eigenvalue weighted by Crippen LogP contribution is -2.40. The predicted molar refractivity (Wildman–Crippen MR) is 38.8 cm³/mol. The van der Waals surface area contributed by atoms with E-state index in [2.05, 4.69) is 23.9 Å². The number of hydrogen-bond acceptors (Lipinski definition) is 3. The Hall–Kier alpha value is -0.860. The van der Waals surface area contributed by atoms with Crippen LogP contribution in [0.5, 0.6) is 0 Å². The van der Waals surface area contributed by atoms with Crippen molar-refractivity contribution in [1.82, 2.24) is 5.01 Å². The molecule has 0 aliphatic carbocycles. The third-order valence-electron chi connectivity index (χ3n) is 1.52. The number of rotatable bonds is 0. The van der Waals surface area contributed by atoms with E-state index >= 15 is 0 Å². The minimum Gasteiger partial charge on any atom is -0.288 e. The highest BCUT2D eigenvalue weighted by molar-refractivity contribution is 5.80. The summed E-state index contributed by atoms with van der Waals surface area (Å²) in [6.07, 6.45) is 3.42. The van der Waals surface area contributed by atoms with Crippen molar-refractivity contribution in [2.75, 3.05) is 7.05 Å². The first kappa shape index (κ1) is 6.26. The molecule has 0 aromatic rings. The number of aliphatic imine (C=N–C) groups is 1. The molecule has 0 bridgehead atoms. The van der Waals surface area contributed by atoms with Crippen molar-refractivity contribution in [2.45, 2.75) is 19.4 Å². The fraction of sp³-hybridized carbons (Fsp3) is 0.667. The van der Waals surface area contributed by atoms with Crippen molar-refractivity contribution in [3.63, 3.8) is 0 Å². The summed E-state index contributed by atoms with van der Waals surface area (Å²) in [5.74, 6) is 0. The van der Waals surface area contributed by atoms with Crippen LogP contribution in [0.4, 0.5) is 0 Å². The molecule has 50 valence electrons. The molecule has 0 aromatic carbocycles. The highest BCUT2D eigenvalue weighted by Gasteiger charge is 2.20. The summed E-state index contributed by atoms with van der Waals surface area (Å²) >= 11 is 0. The second-order valence-electron chi connectivity index (χ2n) is 2.69. The SMILES string of the molecule is CN1N=CN=CC1(C)C. The highest BCUT2D eigenvalue weighted by atomic mass is 15.5. The molecular formula is C6H11N3. The van der Waals surface area contributed by atoms with Crippen LogP contribution in [-0.2, 0) is 0 Å². The van der Waals surface area contributed by atoms with Gasteiger partial charge in [0.25, 0.3) is 0 Å². The van der Waals surface area contributed by atoms with Gasteiger partial charge >= 0.3 is 0 Å². The van der Waals surface area contributed by atoms with Crippen LogP contribution >= 0.6 is 0 Å². The molecule has 1 heterocycles. The van der Waals surface area contributed by atoms with Gasteiger partial charge in [-0.1, -0.05) is 0 Å². The maximum absolute atomic E-state index is 3.99. The topological polar surface area (TPSA) is 28.0 Å². The first-order chi connectivity index (χ1) is 4.13. The summed E-state index contributed by atoms with van der Waals surface area (Å²) in [5, 5.41) is 5.87. The molecule has 9 heavy (non-hydrogen) atoms. The molecular weight excluding hydrogens is 114 g/mol. The van der Waals surface area contributed by atoms with Gasteiger partial charge in [-0.15, -0.1) is 0 Å². The second kappa shape index (κ2) is 1.83. The molecule has 0 fully saturated rings. The van der Waals surface area contributed by atoms with E-state index in [1.165, 1.54) is 0 Å². The van der Waals surface area contributed by atoms with E-state index in [4.69, 9.17) is 0 Å². The lowest BCUT2D eigenvalue weighted by Gasteiger charge is -2.30. The first-order valence-electron chi connectivity index (χ1n) is 2.93. The standard InChI is InChI=1S/C6H11N3/c1-6(2)4-7-5-8-9(6)3/h4-5H,1-3H3. The largest absolute Gasteiger partial charge is 0.288 e. The van der Waals surface area contributed by atoms with E-state index in [9.17, 15) is 0 Å². The Morgan fingerprint density at radius 3 is 2.44 bits per heavy atom. The van der Waals surface area contributed by atoms with Crippen LogP contribution in [0.15, 0.2) is 10.1 Å². The summed E-state index contributed by atoms with van der Waals surface area (Å²) in [6, 6.07) is 0. The Balaban J connectivity index is 2.78. The van der Waals surface area contributed by atoms with Crippen LogP contribution in [-0.4, -0.2) is 30.1 Å². The average molecular weight is 125 g/mol. The van der Waals surface area contributed by atoms with Gasteiger partial charge in [0.2, 0.25) is 0 Å². The minimum absolute atomic E-state index is 0.0191. The van der Waals surface area contributed by atoms with E-state index in [1.54, 1.807) is 6.34 Å². The lowest BCUT2D eigenvalue weighted by molar-refractivity contribution is 0.236. The molecule has 3 nitrogen and oxygen atoms in total. The van der Waals surface area contributed by atoms with Crippen LogP contribution < -0.4 is 0 Å². The van der Waals surface area contributed by atoms with Gasteiger partial charge in [-0.05, 0) is 13.8 Å². The van der Waals surface area contributed by atoms with Crippen LogP contribution in [0.2, 0.25) is 0 Å². The van der Waals surface area contributed by atoms with E-state index in [0.29, 0.717) is 0 Å². The quantitative estimate of drug-likeness (QED) is 0.469. The van der Waals surface area contributed by atoms with Gasteiger partial charge in [-0.3, -0.25) is 5.01 Å². The molecule has 0 unspecified atom stereocenters. The Labute approximate surface area is 55.1 Å². The highest BCUT2D eigenvalue weighted by Crippen LogP contribution is 2.10. The van der Waals surface area contributed by atoms with Crippen molar-refractivity contribution in [1.29, 1.82) is 0 Å². The fourth-order valence-electron chi connectivity index (χ4n) is 0.555. The third-order valence-corrected chi connectivity index (χ3v) is 1.52. The zero-order chi connectivity index (χ0) is 6.91. The molecule has 1 rings (SSSR count). The van der Waals surface area contributed by atoms with E-state index in [0.717, 1.165) is 0 Å². The summed E-state index contributed by atoms with van der Waals surface area (Å²) < 4.78 is 0. The van der Waals surface area contributed by atoms with Crippen molar-refractivity contribution in [3.8, 4) is 0 Å². The Morgan fingerprint density at radius 2 is 2.11 bits per heavy atom. The monoisotopic (exact) mass is 125 g/mol. The second-order valence-corrected chi connectivity index (χ2v) is 2.69. The van der Waals surface area contributed by atoms with Gasteiger partial charge in [0.05, 0.1) is 5.54 Å². The maximum Gasteiger partial charge on any atom is 0.135 e. The molecule has 0 aromatic heterocycles. The molecule has 1 aliphatic rings. The smallest absolute Gasteiger partial charge is 0.135 e. The summed E-state index contributed by atoms with van der Waals surface area (Å²) in [4.78, 5) is 3.92. The summed E-state index contributed by atoms with van der Waals surface area (Å²) in [7, 11) is 1.93. The van der Waals surface area contributed by atoms with E-state index < -0.39 is 0 Å². The fourth-order valence-corrected chi connectivity index (χ4v) is 0.555. The van der Waals surface area contributed by atoms with Gasteiger partial charge in [0.15, 0.2) is 0 Å². The molecule has 0 saturated heterocycles. The molecule has 0 amide bonds. The van der Waals surface area contributed by atoms with Crippen LogP contribution in [0.1, 0.15) is 13.8 Å². The molecule has 0 N–H and O–H groups in total. The summed E-state index contributed by atoms with van der Waals surface area (Å²) in [5.41, 5.74) is -0.0191. The van der Waals surface area contributed by atoms with Crippen LogP contribution in [0.25, 0.3) is 0 Å². The van der Waals surface area contributed by atoms with E-state index in [1.807, 2.05) is 18.3 Å². The Bertz CT molecular complexity index is 158. The van der Waals surface area contributed by atoms with Gasteiger partial charge in [-0.2, -0.15) is 5.10 Å². The molecule has 0 saturated carbocycles. The Morgan fingerprint density at radius 1 is 1.44 bits per heavy atom. The minimum atomic E-state index is -0.0191. The molecule has 1 aliphatic heterocycles. The molecule has 3 heteroatoms. The van der Waals surface area contributed by atoms with E-state index in [-0.39, 0.29) is 5.54 Å². The molecule has 0 atom stereocenters. The zero-order valence-corrected chi connectivity index (χ0v) is 6.00. The van der Waals surface area contributed by atoms with Crippen LogP contribution in [0, 0.1) is 0 Å². The number of nitrogens with zero attached hydrogens (tertiary/aromatic N) is 3. The van der Waals surface area contributed by atoms with Crippen LogP contribution in [0.3, 0.4) is 0 Å². The first-order valence-corrected chi connectivity index (χ1v) is 2.93.